The van der Waals surface area contributed by atoms with E-state index < -0.39 is 0 Å². The number of hydrogen-bond donors (Lipinski definition) is 1. The molecule has 2 aromatic heterocycles. The molecule has 8 nitrogen and oxygen atoms in total. The first-order valence-corrected chi connectivity index (χ1v) is 13.7. The Balaban J connectivity index is 1.23. The fraction of sp³-hybridized carbons (Fsp3) is 0.429. The molecule has 0 aliphatic carbocycles. The van der Waals surface area contributed by atoms with Crippen LogP contribution in [0.5, 0.6) is 5.88 Å². The highest BCUT2D eigenvalue weighted by Crippen LogP contribution is 2.33. The van der Waals surface area contributed by atoms with Gasteiger partial charge in [0.1, 0.15) is 0 Å². The second kappa shape index (κ2) is 12.1. The van der Waals surface area contributed by atoms with Crippen molar-refractivity contribution < 1.29 is 9.47 Å². The molecule has 1 aromatic carbocycles. The molecule has 5 rings (SSSR count). The number of pyridine rings is 2. The maximum absolute atomic E-state index is 5.51. The number of methoxy groups -OCH3 is 1. The van der Waals surface area contributed by atoms with Crippen LogP contribution < -0.4 is 14.4 Å². The van der Waals surface area contributed by atoms with Gasteiger partial charge in [-0.2, -0.15) is 0 Å². The van der Waals surface area contributed by atoms with E-state index in [2.05, 4.69) is 79.8 Å². The Labute approximate surface area is 224 Å². The van der Waals surface area contributed by atoms with Crippen LogP contribution in [-0.4, -0.2) is 85.9 Å². The zero-order chi connectivity index (χ0) is 25.6. The zero-order valence-corrected chi connectivity index (χ0v) is 22.7. The Hall–Kier alpha value is -2.85. The number of rotatable bonds is 8. The molecule has 2 aliphatic rings. The molecule has 9 heteroatoms. The van der Waals surface area contributed by atoms with Crippen LogP contribution in [0.25, 0.3) is 11.1 Å². The summed E-state index contributed by atoms with van der Waals surface area (Å²) in [6, 6.07) is 13.7. The molecule has 2 saturated heterocycles. The SMILES string of the molecule is COc1ncc(N2CCOCC2)cc1SNc1cncc(-c2ccc(CN3CCN(C)C(C)C3)cc2)c1. The molecule has 0 bridgehead atoms. The number of ether oxygens (including phenoxy) is 2. The van der Waals surface area contributed by atoms with Gasteiger partial charge in [0.2, 0.25) is 5.88 Å². The zero-order valence-electron chi connectivity index (χ0n) is 21.9. The van der Waals surface area contributed by atoms with Gasteiger partial charge < -0.3 is 24.0 Å². The number of morpholine rings is 1. The quantitative estimate of drug-likeness (QED) is 0.439. The third-order valence-corrected chi connectivity index (χ3v) is 7.98. The van der Waals surface area contributed by atoms with Crippen LogP contribution in [0.1, 0.15) is 12.5 Å². The van der Waals surface area contributed by atoms with E-state index in [0.29, 0.717) is 11.9 Å². The number of benzene rings is 1. The predicted molar refractivity (Wildman–Crippen MR) is 150 cm³/mol. The van der Waals surface area contributed by atoms with Crippen LogP contribution in [0.15, 0.2) is 59.9 Å². The van der Waals surface area contributed by atoms with Gasteiger partial charge in [-0.1, -0.05) is 24.3 Å². The first kappa shape index (κ1) is 25.8. The summed E-state index contributed by atoms with van der Waals surface area (Å²) in [6.07, 6.45) is 5.61. The van der Waals surface area contributed by atoms with E-state index in [0.717, 1.165) is 79.9 Å². The summed E-state index contributed by atoms with van der Waals surface area (Å²) >= 11 is 1.48. The lowest BCUT2D eigenvalue weighted by Gasteiger charge is -2.37. The van der Waals surface area contributed by atoms with Crippen LogP contribution in [0, 0.1) is 0 Å². The summed E-state index contributed by atoms with van der Waals surface area (Å²) in [5.41, 5.74) is 5.59. The second-order valence-corrected chi connectivity index (χ2v) is 10.6. The third kappa shape index (κ3) is 6.54. The topological polar surface area (TPSA) is 66.0 Å². The molecule has 0 amide bonds. The van der Waals surface area contributed by atoms with Gasteiger partial charge in [0.25, 0.3) is 0 Å². The minimum atomic E-state index is 0.601. The summed E-state index contributed by atoms with van der Waals surface area (Å²) in [4.78, 5) is 17.2. The average Bonchev–Trinajstić information content (AvgIpc) is 2.95. The first-order chi connectivity index (χ1) is 18.1. The fourth-order valence-corrected chi connectivity index (χ4v) is 5.48. The van der Waals surface area contributed by atoms with E-state index in [9.17, 15) is 0 Å². The van der Waals surface area contributed by atoms with Gasteiger partial charge in [0, 0.05) is 57.1 Å². The van der Waals surface area contributed by atoms with Gasteiger partial charge in [-0.15, -0.1) is 0 Å². The van der Waals surface area contributed by atoms with Gasteiger partial charge >= 0.3 is 0 Å². The Morgan fingerprint density at radius 3 is 2.59 bits per heavy atom. The highest BCUT2D eigenvalue weighted by Gasteiger charge is 2.20. The summed E-state index contributed by atoms with van der Waals surface area (Å²) in [5, 5.41) is 0. The van der Waals surface area contributed by atoms with Crippen molar-refractivity contribution in [2.75, 3.05) is 69.7 Å². The van der Waals surface area contributed by atoms with Crippen LogP contribution >= 0.6 is 11.9 Å². The van der Waals surface area contributed by atoms with Crippen molar-refractivity contribution in [3.8, 4) is 17.0 Å². The maximum Gasteiger partial charge on any atom is 0.229 e. The molecular formula is C28H36N6O2S. The van der Waals surface area contributed by atoms with E-state index in [-0.39, 0.29) is 0 Å². The molecule has 196 valence electrons. The molecule has 1 unspecified atom stereocenters. The van der Waals surface area contributed by atoms with E-state index in [1.54, 1.807) is 7.11 Å². The van der Waals surface area contributed by atoms with Crippen LogP contribution in [0.4, 0.5) is 11.4 Å². The Bertz CT molecular complexity index is 1170. The highest BCUT2D eigenvalue weighted by atomic mass is 32.2. The minimum absolute atomic E-state index is 0.601. The largest absolute Gasteiger partial charge is 0.480 e. The molecule has 2 fully saturated rings. The van der Waals surface area contributed by atoms with Crippen molar-refractivity contribution >= 4 is 23.3 Å². The molecule has 2 aliphatic heterocycles. The van der Waals surface area contributed by atoms with Gasteiger partial charge in [-0.3, -0.25) is 9.88 Å². The summed E-state index contributed by atoms with van der Waals surface area (Å²) in [6.45, 7) is 9.86. The van der Waals surface area contributed by atoms with Crippen molar-refractivity contribution in [2.24, 2.45) is 0 Å². The van der Waals surface area contributed by atoms with Gasteiger partial charge in [0.15, 0.2) is 0 Å². The number of aromatic nitrogens is 2. The van der Waals surface area contributed by atoms with Crippen LogP contribution in [0.3, 0.4) is 0 Å². The lowest BCUT2D eigenvalue weighted by atomic mass is 10.0. The van der Waals surface area contributed by atoms with Gasteiger partial charge in [-0.05, 0) is 49.2 Å². The third-order valence-electron chi connectivity index (χ3n) is 7.13. The number of likely N-dealkylation sites (N-methyl/N-ethyl adjacent to an activating group) is 1. The highest BCUT2D eigenvalue weighted by molar-refractivity contribution is 8.00. The number of anilines is 2. The lowest BCUT2D eigenvalue weighted by molar-refractivity contribution is 0.1000. The Morgan fingerprint density at radius 2 is 1.84 bits per heavy atom. The lowest BCUT2D eigenvalue weighted by Crippen LogP contribution is -2.49. The number of hydrogen-bond acceptors (Lipinski definition) is 9. The van der Waals surface area contributed by atoms with Crippen molar-refractivity contribution in [3.63, 3.8) is 0 Å². The number of piperazine rings is 1. The van der Waals surface area contributed by atoms with Crippen molar-refractivity contribution in [3.05, 3.63) is 60.6 Å². The van der Waals surface area contributed by atoms with E-state index >= 15 is 0 Å². The molecule has 4 heterocycles. The van der Waals surface area contributed by atoms with Gasteiger partial charge in [0.05, 0.1) is 49.0 Å². The van der Waals surface area contributed by atoms with Crippen molar-refractivity contribution in [1.29, 1.82) is 0 Å². The molecule has 0 spiro atoms. The smallest absolute Gasteiger partial charge is 0.229 e. The molecule has 3 aromatic rings. The Morgan fingerprint density at radius 1 is 1.03 bits per heavy atom. The van der Waals surface area contributed by atoms with Crippen LogP contribution in [-0.2, 0) is 11.3 Å². The molecule has 0 radical (unpaired) electrons. The summed E-state index contributed by atoms with van der Waals surface area (Å²) in [5.74, 6) is 0.601. The monoisotopic (exact) mass is 520 g/mol. The van der Waals surface area contributed by atoms with E-state index in [1.807, 2.05) is 18.6 Å². The van der Waals surface area contributed by atoms with E-state index in [1.165, 1.54) is 17.5 Å². The summed E-state index contributed by atoms with van der Waals surface area (Å²) in [7, 11) is 3.86. The second-order valence-electron chi connectivity index (χ2n) is 9.73. The van der Waals surface area contributed by atoms with E-state index in [4.69, 9.17) is 9.47 Å². The average molecular weight is 521 g/mol. The summed E-state index contributed by atoms with van der Waals surface area (Å²) < 4.78 is 14.4. The van der Waals surface area contributed by atoms with Crippen LogP contribution in [0.2, 0.25) is 0 Å². The van der Waals surface area contributed by atoms with Crippen molar-refractivity contribution in [2.45, 2.75) is 24.4 Å². The predicted octanol–water partition coefficient (Wildman–Crippen LogP) is 4.24. The van der Waals surface area contributed by atoms with Gasteiger partial charge in [-0.25, -0.2) is 4.98 Å². The molecule has 37 heavy (non-hydrogen) atoms. The first-order valence-electron chi connectivity index (χ1n) is 12.9. The molecular weight excluding hydrogens is 484 g/mol. The normalized spacial score (nSPS) is 19.1. The molecule has 0 saturated carbocycles. The van der Waals surface area contributed by atoms with Crippen molar-refractivity contribution in [1.82, 2.24) is 19.8 Å². The minimum Gasteiger partial charge on any atom is -0.480 e. The molecule has 1 atom stereocenters. The standard InChI is InChI=1S/C28H36N6O2S/c1-21-19-33(9-8-32(21)2)20-22-4-6-23(7-5-22)24-14-25(17-29-16-24)31-37-27-15-26(18-30-28(27)35-3)34-10-12-36-13-11-34/h4-7,14-18,21,31H,8-13,19-20H2,1-3H3. The molecule has 1 N–H and O–H groups in total. The number of nitrogens with one attached hydrogen (secondary N) is 1. The number of nitrogens with zero attached hydrogens (tertiary/aromatic N) is 5. The fourth-order valence-electron chi connectivity index (χ4n) is 4.74. The maximum atomic E-state index is 5.51. The Kier molecular flexibility index (Phi) is 8.45.